The van der Waals surface area contributed by atoms with Crippen LogP contribution in [-0.2, 0) is 17.9 Å². The van der Waals surface area contributed by atoms with E-state index in [4.69, 9.17) is 9.26 Å². The number of methoxy groups -OCH3 is 1. The van der Waals surface area contributed by atoms with Crippen molar-refractivity contribution >= 4 is 5.69 Å². The summed E-state index contributed by atoms with van der Waals surface area (Å²) >= 11 is 0. The van der Waals surface area contributed by atoms with Crippen LogP contribution in [0.1, 0.15) is 22.6 Å². The first-order valence-electron chi connectivity index (χ1n) is 5.95. The Morgan fingerprint density at radius 2 is 2.06 bits per heavy atom. The minimum atomic E-state index is 0.602. The number of aromatic nitrogens is 1. The van der Waals surface area contributed by atoms with E-state index in [1.165, 1.54) is 0 Å². The van der Waals surface area contributed by atoms with Gasteiger partial charge in [0.2, 0.25) is 0 Å². The van der Waals surface area contributed by atoms with Gasteiger partial charge in [-0.15, -0.1) is 0 Å². The third kappa shape index (κ3) is 2.71. The predicted molar refractivity (Wildman–Crippen MR) is 70.5 cm³/mol. The Morgan fingerprint density at radius 3 is 2.72 bits per heavy atom. The molecule has 96 valence electrons. The van der Waals surface area contributed by atoms with Crippen LogP contribution < -0.4 is 5.32 Å². The van der Waals surface area contributed by atoms with Crippen LogP contribution in [0.2, 0.25) is 0 Å². The van der Waals surface area contributed by atoms with Gasteiger partial charge in [0.25, 0.3) is 0 Å². The Morgan fingerprint density at radius 1 is 1.28 bits per heavy atom. The molecule has 0 aliphatic heterocycles. The molecular formula is C14H18N2O2. The molecule has 0 bridgehead atoms. The quantitative estimate of drug-likeness (QED) is 0.880. The number of nitrogens with zero attached hydrogens (tertiary/aromatic N) is 1. The van der Waals surface area contributed by atoms with Gasteiger partial charge >= 0.3 is 0 Å². The van der Waals surface area contributed by atoms with Gasteiger partial charge in [0.15, 0.2) is 0 Å². The molecule has 18 heavy (non-hydrogen) atoms. The van der Waals surface area contributed by atoms with Crippen molar-refractivity contribution < 1.29 is 9.26 Å². The lowest BCUT2D eigenvalue weighted by atomic mass is 10.1. The molecule has 1 aromatic carbocycles. The minimum absolute atomic E-state index is 0.602. The molecule has 0 aliphatic rings. The van der Waals surface area contributed by atoms with Crippen molar-refractivity contribution in [3.05, 3.63) is 46.8 Å². The summed E-state index contributed by atoms with van der Waals surface area (Å²) in [5, 5.41) is 7.35. The van der Waals surface area contributed by atoms with E-state index in [0.29, 0.717) is 13.2 Å². The average molecular weight is 246 g/mol. The summed E-state index contributed by atoms with van der Waals surface area (Å²) in [7, 11) is 1.70. The smallest absolute Gasteiger partial charge is 0.138 e. The fraction of sp³-hybridized carbons (Fsp3) is 0.357. The molecule has 0 spiro atoms. The number of aryl methyl sites for hydroxylation is 2. The molecular weight excluding hydrogens is 228 g/mol. The van der Waals surface area contributed by atoms with Gasteiger partial charge < -0.3 is 14.6 Å². The molecule has 1 aromatic heterocycles. The van der Waals surface area contributed by atoms with Crippen LogP contribution in [0.3, 0.4) is 0 Å². The third-order valence-corrected chi connectivity index (χ3v) is 2.95. The molecule has 1 N–H and O–H groups in total. The van der Waals surface area contributed by atoms with E-state index in [2.05, 4.69) is 16.5 Å². The Hall–Kier alpha value is -1.81. The first kappa shape index (κ1) is 12.6. The number of anilines is 1. The van der Waals surface area contributed by atoms with Gasteiger partial charge in [-0.25, -0.2) is 0 Å². The van der Waals surface area contributed by atoms with Gasteiger partial charge in [0.1, 0.15) is 5.76 Å². The van der Waals surface area contributed by atoms with Gasteiger partial charge in [0, 0.05) is 30.5 Å². The first-order chi connectivity index (χ1) is 8.72. The summed E-state index contributed by atoms with van der Waals surface area (Å²) in [6.07, 6.45) is 0. The van der Waals surface area contributed by atoms with E-state index in [1.54, 1.807) is 7.11 Å². The zero-order chi connectivity index (χ0) is 13.0. The molecule has 1 heterocycles. The molecule has 2 rings (SSSR count). The second-order valence-corrected chi connectivity index (χ2v) is 4.25. The molecule has 0 aliphatic carbocycles. The maximum Gasteiger partial charge on any atom is 0.138 e. The number of benzene rings is 1. The van der Waals surface area contributed by atoms with Crippen molar-refractivity contribution in [3.63, 3.8) is 0 Å². The molecule has 0 atom stereocenters. The minimum Gasteiger partial charge on any atom is -0.380 e. The molecule has 4 nitrogen and oxygen atoms in total. The molecule has 2 aromatic rings. The van der Waals surface area contributed by atoms with Gasteiger partial charge in [-0.05, 0) is 19.9 Å². The molecule has 0 saturated carbocycles. The third-order valence-electron chi connectivity index (χ3n) is 2.95. The number of hydrogen-bond acceptors (Lipinski definition) is 4. The van der Waals surface area contributed by atoms with E-state index in [1.807, 2.05) is 32.0 Å². The zero-order valence-electron chi connectivity index (χ0n) is 11.0. The fourth-order valence-electron chi connectivity index (χ4n) is 1.91. The van der Waals surface area contributed by atoms with E-state index >= 15 is 0 Å². The van der Waals surface area contributed by atoms with E-state index in [-0.39, 0.29) is 0 Å². The molecule has 0 fully saturated rings. The number of hydrogen-bond donors (Lipinski definition) is 1. The van der Waals surface area contributed by atoms with Gasteiger partial charge in [-0.3, -0.25) is 0 Å². The van der Waals surface area contributed by atoms with Crippen LogP contribution in [0.4, 0.5) is 5.69 Å². The second kappa shape index (κ2) is 5.69. The lowest BCUT2D eigenvalue weighted by Crippen LogP contribution is -2.04. The largest absolute Gasteiger partial charge is 0.380 e. The topological polar surface area (TPSA) is 47.3 Å². The lowest BCUT2D eigenvalue weighted by molar-refractivity contribution is 0.185. The van der Waals surface area contributed by atoms with Crippen molar-refractivity contribution in [2.45, 2.75) is 27.0 Å². The van der Waals surface area contributed by atoms with Gasteiger partial charge in [-0.1, -0.05) is 23.4 Å². The standard InChI is InChI=1S/C14H18N2O2/c1-10-13(11(2)18-16-10)8-15-14-7-5-4-6-12(14)9-17-3/h4-7,15H,8-9H2,1-3H3. The highest BCUT2D eigenvalue weighted by Gasteiger charge is 2.09. The maximum absolute atomic E-state index is 5.18. The Bertz CT molecular complexity index is 501. The van der Waals surface area contributed by atoms with Crippen LogP contribution >= 0.6 is 0 Å². The summed E-state index contributed by atoms with van der Waals surface area (Å²) in [6.45, 7) is 5.19. The highest BCUT2D eigenvalue weighted by Crippen LogP contribution is 2.19. The highest BCUT2D eigenvalue weighted by atomic mass is 16.5. The van der Waals surface area contributed by atoms with Crippen molar-refractivity contribution in [3.8, 4) is 0 Å². The van der Waals surface area contributed by atoms with Crippen LogP contribution in [0, 0.1) is 13.8 Å². The molecule has 0 radical (unpaired) electrons. The second-order valence-electron chi connectivity index (χ2n) is 4.25. The van der Waals surface area contributed by atoms with Crippen molar-refractivity contribution in [1.82, 2.24) is 5.16 Å². The van der Waals surface area contributed by atoms with Crippen molar-refractivity contribution in [2.75, 3.05) is 12.4 Å². The first-order valence-corrected chi connectivity index (χ1v) is 5.95. The van der Waals surface area contributed by atoms with Crippen molar-refractivity contribution in [1.29, 1.82) is 0 Å². The molecule has 4 heteroatoms. The number of nitrogens with one attached hydrogen (secondary N) is 1. The Kier molecular flexibility index (Phi) is 3.99. The van der Waals surface area contributed by atoms with Crippen LogP contribution in [0.5, 0.6) is 0 Å². The predicted octanol–water partition coefficient (Wildman–Crippen LogP) is 3.05. The summed E-state index contributed by atoms with van der Waals surface area (Å²) < 4.78 is 10.3. The van der Waals surface area contributed by atoms with Crippen molar-refractivity contribution in [2.24, 2.45) is 0 Å². The number of ether oxygens (including phenoxy) is 1. The van der Waals surface area contributed by atoms with Gasteiger partial charge in [0.05, 0.1) is 12.3 Å². The van der Waals surface area contributed by atoms with Crippen LogP contribution in [0.25, 0.3) is 0 Å². The summed E-state index contributed by atoms with van der Waals surface area (Å²) in [4.78, 5) is 0. The van der Waals surface area contributed by atoms with Crippen LogP contribution in [-0.4, -0.2) is 12.3 Å². The highest BCUT2D eigenvalue weighted by molar-refractivity contribution is 5.51. The van der Waals surface area contributed by atoms with E-state index in [0.717, 1.165) is 28.3 Å². The average Bonchev–Trinajstić information content (AvgIpc) is 2.69. The normalized spacial score (nSPS) is 10.6. The molecule has 0 amide bonds. The SMILES string of the molecule is COCc1ccccc1NCc1c(C)noc1C. The molecule has 0 saturated heterocycles. The zero-order valence-corrected chi connectivity index (χ0v) is 11.0. The maximum atomic E-state index is 5.18. The number of para-hydroxylation sites is 1. The Labute approximate surface area is 107 Å². The summed E-state index contributed by atoms with van der Waals surface area (Å²) in [5.74, 6) is 0.865. The summed E-state index contributed by atoms with van der Waals surface area (Å²) in [5.41, 5.74) is 4.28. The van der Waals surface area contributed by atoms with E-state index in [9.17, 15) is 0 Å². The number of rotatable bonds is 5. The van der Waals surface area contributed by atoms with Gasteiger partial charge in [-0.2, -0.15) is 0 Å². The van der Waals surface area contributed by atoms with E-state index < -0.39 is 0 Å². The fourth-order valence-corrected chi connectivity index (χ4v) is 1.91. The Balaban J connectivity index is 2.11. The summed E-state index contributed by atoms with van der Waals surface area (Å²) in [6, 6.07) is 8.12. The monoisotopic (exact) mass is 246 g/mol. The molecule has 0 unspecified atom stereocenters. The lowest BCUT2D eigenvalue weighted by Gasteiger charge is -2.11. The van der Waals surface area contributed by atoms with Crippen LogP contribution in [0.15, 0.2) is 28.8 Å².